The summed E-state index contributed by atoms with van der Waals surface area (Å²) in [5, 5.41) is 0.440. The van der Waals surface area contributed by atoms with Gasteiger partial charge in [0.15, 0.2) is 5.17 Å². The summed E-state index contributed by atoms with van der Waals surface area (Å²) in [6.45, 7) is 7.29. The normalized spacial score (nSPS) is 22.6. The Bertz CT molecular complexity index is 800. The third kappa shape index (κ3) is 3.42. The molecule has 7 heteroatoms. The number of aliphatic imine (C=N–C) groups is 1. The Kier molecular flexibility index (Phi) is 5.48. The van der Waals surface area contributed by atoms with Crippen LogP contribution in [0.1, 0.15) is 39.3 Å². The lowest BCUT2D eigenvalue weighted by atomic mass is 9.94. The van der Waals surface area contributed by atoms with E-state index in [4.69, 9.17) is 4.74 Å². The topological polar surface area (TPSA) is 59.0 Å². The molecule has 1 saturated heterocycles. The Hall–Kier alpha value is -1.73. The number of ether oxygens (including phenoxy) is 1. The maximum atomic E-state index is 12.8. The molecular weight excluding hydrogens is 368 g/mol. The van der Waals surface area contributed by atoms with Crippen LogP contribution in [-0.2, 0) is 14.3 Å². The molecule has 0 radical (unpaired) electrons. The number of esters is 1. The summed E-state index contributed by atoms with van der Waals surface area (Å²) >= 11 is 3.08. The molecule has 3 rings (SSSR count). The standard InChI is InChI=1S/C19H22N2O3S2/c1-10(2)24-18(23)15-11(3)20-19-21(17(22)12(4)26-19)16(15)13-6-8-14(25-5)9-7-13/h6-10,12,16H,1-5H3/t12-,16-/m1/s1. The Morgan fingerprint density at radius 2 is 1.96 bits per heavy atom. The summed E-state index contributed by atoms with van der Waals surface area (Å²) in [6, 6.07) is 7.44. The van der Waals surface area contributed by atoms with Gasteiger partial charge in [-0.05, 0) is 51.6 Å². The van der Waals surface area contributed by atoms with Crippen LogP contribution in [0.2, 0.25) is 0 Å². The average molecular weight is 391 g/mol. The maximum absolute atomic E-state index is 12.8. The third-order valence-electron chi connectivity index (χ3n) is 4.25. The largest absolute Gasteiger partial charge is 0.459 e. The van der Waals surface area contributed by atoms with Crippen molar-refractivity contribution in [2.24, 2.45) is 4.99 Å². The molecule has 5 nitrogen and oxygen atoms in total. The Morgan fingerprint density at radius 3 is 2.54 bits per heavy atom. The van der Waals surface area contributed by atoms with Crippen LogP contribution in [0.15, 0.2) is 45.4 Å². The summed E-state index contributed by atoms with van der Waals surface area (Å²) in [7, 11) is 0. The van der Waals surface area contributed by atoms with Crippen LogP contribution in [0.4, 0.5) is 0 Å². The van der Waals surface area contributed by atoms with Gasteiger partial charge < -0.3 is 4.74 Å². The van der Waals surface area contributed by atoms with Gasteiger partial charge in [0.05, 0.1) is 28.7 Å². The SMILES string of the molecule is CSc1ccc([C@@H]2C(C(=O)OC(C)C)=C(C)N=C3S[C@H](C)C(=O)N32)cc1. The first-order chi connectivity index (χ1) is 12.3. The van der Waals surface area contributed by atoms with Gasteiger partial charge in [-0.15, -0.1) is 11.8 Å². The lowest BCUT2D eigenvalue weighted by molar-refractivity contribution is -0.143. The van der Waals surface area contributed by atoms with Crippen LogP contribution in [0.3, 0.4) is 0 Å². The second kappa shape index (κ2) is 7.48. The molecule has 2 atom stereocenters. The molecule has 0 spiro atoms. The fourth-order valence-corrected chi connectivity index (χ4v) is 4.48. The summed E-state index contributed by atoms with van der Waals surface area (Å²) in [6.07, 6.45) is 1.77. The van der Waals surface area contributed by atoms with E-state index in [1.54, 1.807) is 23.6 Å². The van der Waals surface area contributed by atoms with Gasteiger partial charge in [0.1, 0.15) is 0 Å². The van der Waals surface area contributed by atoms with Crippen molar-refractivity contribution < 1.29 is 14.3 Å². The fraction of sp³-hybridized carbons (Fsp3) is 0.421. The Balaban J connectivity index is 2.11. The van der Waals surface area contributed by atoms with Crippen LogP contribution in [0.5, 0.6) is 0 Å². The molecule has 0 aromatic heterocycles. The van der Waals surface area contributed by atoms with E-state index in [0.717, 1.165) is 10.5 Å². The zero-order valence-corrected chi connectivity index (χ0v) is 17.1. The second-order valence-corrected chi connectivity index (χ2v) is 8.68. The number of rotatable bonds is 4. The van der Waals surface area contributed by atoms with Crippen LogP contribution in [-0.4, -0.2) is 39.6 Å². The number of hydrogen-bond donors (Lipinski definition) is 0. The Morgan fingerprint density at radius 1 is 1.31 bits per heavy atom. The molecule has 0 saturated carbocycles. The van der Waals surface area contributed by atoms with E-state index >= 15 is 0 Å². The minimum atomic E-state index is -0.505. The molecule has 0 unspecified atom stereocenters. The number of hydrogen-bond acceptors (Lipinski definition) is 6. The van der Waals surface area contributed by atoms with E-state index in [9.17, 15) is 9.59 Å². The summed E-state index contributed by atoms with van der Waals surface area (Å²) in [5.74, 6) is -0.452. The van der Waals surface area contributed by atoms with Gasteiger partial charge >= 0.3 is 5.97 Å². The van der Waals surface area contributed by atoms with Gasteiger partial charge in [-0.25, -0.2) is 9.79 Å². The summed E-state index contributed by atoms with van der Waals surface area (Å²) < 4.78 is 5.45. The van der Waals surface area contributed by atoms with Gasteiger partial charge in [-0.2, -0.15) is 0 Å². The molecule has 1 aromatic rings. The van der Waals surface area contributed by atoms with E-state index in [0.29, 0.717) is 16.4 Å². The number of carbonyl (C=O) groups excluding carboxylic acids is 2. The van der Waals surface area contributed by atoms with Crippen molar-refractivity contribution in [3.05, 3.63) is 41.1 Å². The predicted octanol–water partition coefficient (Wildman–Crippen LogP) is 4.01. The predicted molar refractivity (Wildman–Crippen MR) is 106 cm³/mol. The lowest BCUT2D eigenvalue weighted by Crippen LogP contribution is -2.40. The molecule has 138 valence electrons. The monoisotopic (exact) mass is 390 g/mol. The number of thioether (sulfide) groups is 2. The first-order valence-electron chi connectivity index (χ1n) is 8.47. The number of benzene rings is 1. The molecule has 0 aliphatic carbocycles. The number of amides is 1. The van der Waals surface area contributed by atoms with Gasteiger partial charge in [-0.3, -0.25) is 9.69 Å². The summed E-state index contributed by atoms with van der Waals surface area (Å²) in [5.41, 5.74) is 1.92. The third-order valence-corrected chi connectivity index (χ3v) is 6.05. The van der Waals surface area contributed by atoms with Crippen molar-refractivity contribution in [2.45, 2.75) is 50.0 Å². The molecule has 1 amide bonds. The van der Waals surface area contributed by atoms with E-state index < -0.39 is 12.0 Å². The molecule has 1 fully saturated rings. The lowest BCUT2D eigenvalue weighted by Gasteiger charge is -2.33. The van der Waals surface area contributed by atoms with Crippen molar-refractivity contribution in [2.75, 3.05) is 6.26 Å². The van der Waals surface area contributed by atoms with Crippen molar-refractivity contribution in [1.82, 2.24) is 4.90 Å². The highest BCUT2D eigenvalue weighted by atomic mass is 32.2. The zero-order chi connectivity index (χ0) is 19.0. The highest BCUT2D eigenvalue weighted by Crippen LogP contribution is 2.43. The van der Waals surface area contributed by atoms with E-state index in [1.165, 1.54) is 11.8 Å². The van der Waals surface area contributed by atoms with Crippen LogP contribution in [0.25, 0.3) is 0 Å². The van der Waals surface area contributed by atoms with Gasteiger partial charge in [0, 0.05) is 4.90 Å². The maximum Gasteiger partial charge on any atom is 0.338 e. The molecule has 1 aromatic carbocycles. The van der Waals surface area contributed by atoms with E-state index in [-0.39, 0.29) is 17.3 Å². The number of allylic oxidation sites excluding steroid dienone is 1. The van der Waals surface area contributed by atoms with Crippen LogP contribution in [0, 0.1) is 0 Å². The molecule has 2 aliphatic rings. The highest BCUT2D eigenvalue weighted by Gasteiger charge is 2.46. The molecular formula is C19H22N2O3S2. The number of fused-ring (bicyclic) bond motifs is 1. The molecule has 2 aliphatic heterocycles. The van der Waals surface area contributed by atoms with Crippen molar-refractivity contribution in [3.63, 3.8) is 0 Å². The smallest absolute Gasteiger partial charge is 0.338 e. The highest BCUT2D eigenvalue weighted by molar-refractivity contribution is 8.15. The zero-order valence-electron chi connectivity index (χ0n) is 15.5. The number of amidine groups is 1. The van der Waals surface area contributed by atoms with Crippen LogP contribution < -0.4 is 0 Å². The minimum absolute atomic E-state index is 0.0324. The number of nitrogens with zero attached hydrogens (tertiary/aromatic N) is 2. The van der Waals surface area contributed by atoms with E-state index in [1.807, 2.05) is 51.3 Å². The molecule has 26 heavy (non-hydrogen) atoms. The van der Waals surface area contributed by atoms with Crippen molar-refractivity contribution in [1.29, 1.82) is 0 Å². The quantitative estimate of drug-likeness (QED) is 0.574. The number of carbonyl (C=O) groups is 2. The first kappa shape index (κ1) is 19.0. The van der Waals surface area contributed by atoms with E-state index in [2.05, 4.69) is 4.99 Å². The fourth-order valence-electron chi connectivity index (χ4n) is 3.04. The second-order valence-electron chi connectivity index (χ2n) is 6.49. The van der Waals surface area contributed by atoms with Gasteiger partial charge in [-0.1, -0.05) is 23.9 Å². The molecule has 2 heterocycles. The van der Waals surface area contributed by atoms with Gasteiger partial charge in [0.25, 0.3) is 0 Å². The van der Waals surface area contributed by atoms with Crippen molar-refractivity contribution in [3.8, 4) is 0 Å². The first-order valence-corrected chi connectivity index (χ1v) is 10.6. The minimum Gasteiger partial charge on any atom is -0.459 e. The van der Waals surface area contributed by atoms with Crippen molar-refractivity contribution >= 4 is 40.6 Å². The molecule has 0 bridgehead atoms. The summed E-state index contributed by atoms with van der Waals surface area (Å²) in [4.78, 5) is 32.9. The average Bonchev–Trinajstić information content (AvgIpc) is 2.87. The Labute approximate surface area is 162 Å². The van der Waals surface area contributed by atoms with Crippen LogP contribution >= 0.6 is 23.5 Å². The molecule has 0 N–H and O–H groups in total. The van der Waals surface area contributed by atoms with Gasteiger partial charge in [0.2, 0.25) is 5.91 Å².